The molecule has 0 saturated carbocycles. The van der Waals surface area contributed by atoms with Crippen molar-refractivity contribution in [3.63, 3.8) is 0 Å². The molecule has 0 aliphatic carbocycles. The number of phenolic OH excluding ortho intramolecular Hbond substituents is 1. The Bertz CT molecular complexity index is 3610. The largest absolute Gasteiger partial charge is 0.507 e. The summed E-state index contributed by atoms with van der Waals surface area (Å²) in [4.78, 5) is 10.3. The standard InChI is InChI=1S/C65H74N3O.Pt/c1-39(2)45-35-54(40(3)4)60(69)55(36-45)61-67-59-53(47-30-48(34-50(33-47)63(9,10)11)56-37-44(27-28-66-56)42-21-24-49(25-22-42)62(6,7)8)19-18-20-58(59)68(61)57-26-23-43(29-41(57)5)46-31-51(64(12,13)14)38-52(32-46)65(15,16)17;/h18-29,31-40,69H,1-17H3;/q-1;/i5D3,6D3,7D3,8D3;. The summed E-state index contributed by atoms with van der Waals surface area (Å²) < 4.78 is 103. The van der Waals surface area contributed by atoms with Crippen LogP contribution in [0.5, 0.6) is 5.75 Å². The molecule has 8 aromatic rings. The number of aromatic hydroxyl groups is 1. The fourth-order valence-corrected chi connectivity index (χ4v) is 8.89. The molecule has 0 fully saturated rings. The van der Waals surface area contributed by atoms with Crippen LogP contribution < -0.4 is 0 Å². The Labute approximate surface area is 451 Å². The third kappa shape index (κ3) is 10.6. The zero-order chi connectivity index (χ0) is 60.1. The molecule has 4 nitrogen and oxygen atoms in total. The summed E-state index contributed by atoms with van der Waals surface area (Å²) in [5.41, 5.74) is 8.24. The topological polar surface area (TPSA) is 50.9 Å². The Kier molecular flexibility index (Phi) is 10.5. The van der Waals surface area contributed by atoms with Gasteiger partial charge in [0.1, 0.15) is 11.6 Å². The van der Waals surface area contributed by atoms with Crippen molar-refractivity contribution in [1.82, 2.24) is 14.5 Å². The minimum atomic E-state index is -3.40. The van der Waals surface area contributed by atoms with Crippen molar-refractivity contribution < 1.29 is 42.6 Å². The van der Waals surface area contributed by atoms with Crippen LogP contribution >= 0.6 is 0 Å². The van der Waals surface area contributed by atoms with Gasteiger partial charge in [-0.1, -0.05) is 194 Å². The molecule has 8 rings (SSSR count). The SMILES string of the molecule is [2H]C([2H])([2H])c1cc(-c2cc(C(C)(C)C)cc(C(C)(C)C)c2)ccc1-n1c(-c2cc(C(C)C)cc(C(C)C)c2O)nc2c(-c3[c-]c(-c4cc(-c5ccc(C(C([2H])([2H])[2H])(C([2H])([2H])[2H])C([2H])([2H])[2H])cc5)ccn4)cc(C(C)(C)C)c3)cccc21.[Pt]. The van der Waals surface area contributed by atoms with Gasteiger partial charge < -0.3 is 5.11 Å². The van der Waals surface area contributed by atoms with Crippen molar-refractivity contribution in [3.8, 4) is 67.5 Å². The van der Waals surface area contributed by atoms with E-state index in [0.29, 0.717) is 61.6 Å². The fraction of sp³-hybridized carbons (Fsp3) is 0.354. The zero-order valence-corrected chi connectivity index (χ0v) is 45.1. The average Bonchev–Trinajstić information content (AvgIpc) is 3.27. The van der Waals surface area contributed by atoms with Gasteiger partial charge in [-0.3, -0.25) is 9.55 Å². The molecular weight excluding hydrogens is 1030 g/mol. The van der Waals surface area contributed by atoms with Crippen molar-refractivity contribution >= 4 is 11.0 Å². The maximum absolute atomic E-state index is 12.4. The second-order valence-electron chi connectivity index (χ2n) is 22.5. The van der Waals surface area contributed by atoms with E-state index in [1.807, 2.05) is 73.0 Å². The van der Waals surface area contributed by atoms with Gasteiger partial charge in [0.25, 0.3) is 0 Å². The molecule has 0 spiro atoms. The molecule has 0 unspecified atom stereocenters. The van der Waals surface area contributed by atoms with Gasteiger partial charge in [0.15, 0.2) is 0 Å². The number of aryl methyl sites for hydroxylation is 1. The average molecular weight is 1120 g/mol. The number of rotatable bonds is 8. The minimum absolute atomic E-state index is 0. The molecule has 0 bridgehead atoms. The Morgan fingerprint density at radius 1 is 0.571 bits per heavy atom. The normalized spacial score (nSPS) is 15.8. The van der Waals surface area contributed by atoms with Crippen molar-refractivity contribution in [3.05, 3.63) is 166 Å². The molecule has 0 aliphatic rings. The van der Waals surface area contributed by atoms with Gasteiger partial charge in [-0.25, -0.2) is 4.98 Å². The Balaban J connectivity index is 0.00000968. The predicted octanol–water partition coefficient (Wildman–Crippen LogP) is 18.0. The van der Waals surface area contributed by atoms with Gasteiger partial charge in [0.05, 0.1) is 22.3 Å². The molecular formula is C65H74N3OPt-. The molecule has 0 aliphatic heterocycles. The molecule has 0 atom stereocenters. The monoisotopic (exact) mass is 1120 g/mol. The third-order valence-electron chi connectivity index (χ3n) is 13.3. The summed E-state index contributed by atoms with van der Waals surface area (Å²) in [6.45, 7) is 14.8. The van der Waals surface area contributed by atoms with Crippen LogP contribution in [0.25, 0.3) is 72.7 Å². The van der Waals surface area contributed by atoms with Crippen LogP contribution in [-0.2, 0) is 42.7 Å². The maximum atomic E-state index is 12.4. The van der Waals surface area contributed by atoms with Crippen LogP contribution in [0.15, 0.2) is 121 Å². The Hall–Kier alpha value is -5.57. The smallest absolute Gasteiger partial charge is 0.148 e. The summed E-state index contributed by atoms with van der Waals surface area (Å²) in [5, 5.41) is 12.4. The van der Waals surface area contributed by atoms with E-state index < -0.39 is 38.2 Å². The van der Waals surface area contributed by atoms with E-state index in [4.69, 9.17) is 22.3 Å². The van der Waals surface area contributed by atoms with Crippen molar-refractivity contribution in [2.24, 2.45) is 0 Å². The summed E-state index contributed by atoms with van der Waals surface area (Å²) in [7, 11) is 0. The summed E-state index contributed by atoms with van der Waals surface area (Å²) >= 11 is 0. The summed E-state index contributed by atoms with van der Waals surface area (Å²) in [6.07, 6.45) is 1.63. The summed E-state index contributed by atoms with van der Waals surface area (Å²) in [6, 6.07) is 38.9. The van der Waals surface area contributed by atoms with E-state index in [1.54, 1.807) is 18.3 Å². The third-order valence-corrected chi connectivity index (χ3v) is 13.3. The van der Waals surface area contributed by atoms with Crippen molar-refractivity contribution in [1.29, 1.82) is 0 Å². The van der Waals surface area contributed by atoms with Crippen molar-refractivity contribution in [2.45, 2.75) is 151 Å². The van der Waals surface area contributed by atoms with E-state index in [1.165, 1.54) is 24.3 Å². The van der Waals surface area contributed by atoms with E-state index in [-0.39, 0.29) is 60.6 Å². The molecule has 70 heavy (non-hydrogen) atoms. The quantitative estimate of drug-likeness (QED) is 0.154. The van der Waals surface area contributed by atoms with Crippen molar-refractivity contribution in [2.75, 3.05) is 0 Å². The molecule has 0 amide bonds. The molecule has 0 radical (unpaired) electrons. The van der Waals surface area contributed by atoms with Crippen LogP contribution in [-0.4, -0.2) is 19.6 Å². The van der Waals surface area contributed by atoms with Gasteiger partial charge >= 0.3 is 0 Å². The zero-order valence-electron chi connectivity index (χ0n) is 54.8. The molecule has 2 aromatic heterocycles. The van der Waals surface area contributed by atoms with E-state index in [2.05, 4.69) is 106 Å². The van der Waals surface area contributed by atoms with Gasteiger partial charge in [-0.15, -0.1) is 29.3 Å². The number of benzene rings is 6. The fourth-order valence-electron chi connectivity index (χ4n) is 8.89. The Morgan fingerprint density at radius 3 is 1.79 bits per heavy atom. The van der Waals surface area contributed by atoms with Gasteiger partial charge in [0, 0.05) is 49.4 Å². The maximum Gasteiger partial charge on any atom is 0.148 e. The Morgan fingerprint density at radius 2 is 1.19 bits per heavy atom. The van der Waals surface area contributed by atoms with Crippen LogP contribution in [0.1, 0.15) is 178 Å². The van der Waals surface area contributed by atoms with Gasteiger partial charge in [0.2, 0.25) is 0 Å². The number of pyridine rings is 1. The second-order valence-corrected chi connectivity index (χ2v) is 22.5. The first-order chi connectivity index (χ1) is 37.1. The molecule has 6 aromatic carbocycles. The van der Waals surface area contributed by atoms with Crippen LogP contribution in [0.4, 0.5) is 0 Å². The molecule has 1 N–H and O–H groups in total. The van der Waals surface area contributed by atoms with Gasteiger partial charge in [-0.05, 0) is 126 Å². The molecule has 366 valence electrons. The number of para-hydroxylation sites is 1. The molecule has 5 heteroatoms. The van der Waals surface area contributed by atoms with E-state index in [0.717, 1.165) is 38.9 Å². The second kappa shape index (κ2) is 19.2. The van der Waals surface area contributed by atoms with E-state index >= 15 is 0 Å². The number of nitrogens with zero attached hydrogens (tertiary/aromatic N) is 3. The van der Waals surface area contributed by atoms with Crippen LogP contribution in [0.3, 0.4) is 0 Å². The molecule has 2 heterocycles. The first kappa shape index (κ1) is 38.1. The number of imidazole rings is 1. The molecule has 0 saturated heterocycles. The number of aromatic nitrogens is 3. The van der Waals surface area contributed by atoms with Crippen LogP contribution in [0.2, 0.25) is 0 Å². The number of phenols is 1. The number of hydrogen-bond acceptors (Lipinski definition) is 3. The first-order valence-corrected chi connectivity index (χ1v) is 24.0. The van der Waals surface area contributed by atoms with E-state index in [9.17, 15) is 9.22 Å². The number of fused-ring (bicyclic) bond motifs is 1. The summed E-state index contributed by atoms with van der Waals surface area (Å²) in [5.74, 6) is 0.448. The van der Waals surface area contributed by atoms with Gasteiger partial charge in [-0.2, -0.15) is 0 Å². The first-order valence-electron chi connectivity index (χ1n) is 30.0. The number of hydrogen-bond donors (Lipinski definition) is 1. The van der Waals surface area contributed by atoms with Crippen LogP contribution in [0, 0.1) is 12.9 Å². The minimum Gasteiger partial charge on any atom is -0.507 e. The predicted molar refractivity (Wildman–Crippen MR) is 294 cm³/mol.